The largest absolute Gasteiger partial charge is 0.542 e. The number of hydrogen-bond donors (Lipinski definition) is 3. The number of carbonyl (C=O) groups excluding carboxylic acids is 2. The molecule has 0 spiro atoms. The van der Waals surface area contributed by atoms with Crippen LogP contribution in [0.5, 0.6) is 5.75 Å². The molecule has 1 heterocycles. The molecule has 7 nitrogen and oxygen atoms in total. The summed E-state index contributed by atoms with van der Waals surface area (Å²) in [6.45, 7) is 4.27. The third kappa shape index (κ3) is 11.5. The molecule has 1 atom stereocenters. The molecule has 0 aromatic heterocycles. The van der Waals surface area contributed by atoms with Crippen molar-refractivity contribution in [3.8, 4) is 17.6 Å². The van der Waals surface area contributed by atoms with E-state index in [1.165, 1.54) is 15.5 Å². The van der Waals surface area contributed by atoms with Crippen LogP contribution < -0.4 is 20.0 Å². The van der Waals surface area contributed by atoms with Gasteiger partial charge in [0.15, 0.2) is 6.04 Å². The zero-order valence-electron chi connectivity index (χ0n) is 21.8. The summed E-state index contributed by atoms with van der Waals surface area (Å²) < 4.78 is 63.1. The highest BCUT2D eigenvalue weighted by Crippen LogP contribution is 2.16. The topological polar surface area (TPSA) is 109 Å². The monoisotopic (exact) mass is 596 g/mol. The van der Waals surface area contributed by atoms with E-state index in [4.69, 9.17) is 19.8 Å². The first-order chi connectivity index (χ1) is 19.7. The molecule has 1 unspecified atom stereocenters. The zero-order chi connectivity index (χ0) is 31.3. The van der Waals surface area contributed by atoms with Crippen LogP contribution in [0.15, 0.2) is 84.9 Å². The first-order valence-electron chi connectivity index (χ1n) is 12.3. The van der Waals surface area contributed by atoms with Crippen molar-refractivity contribution in [3.05, 3.63) is 96.1 Å². The number of hydrogen-bond acceptors (Lipinski definition) is 5. The van der Waals surface area contributed by atoms with Crippen molar-refractivity contribution < 1.29 is 61.1 Å². The van der Waals surface area contributed by atoms with Crippen LogP contribution in [-0.4, -0.2) is 55.6 Å². The number of alkyl halides is 6. The number of carboxylic acid groups (broad SMARTS) is 2. The van der Waals surface area contributed by atoms with E-state index in [2.05, 4.69) is 48.2 Å². The van der Waals surface area contributed by atoms with E-state index in [0.29, 0.717) is 5.75 Å². The van der Waals surface area contributed by atoms with Crippen molar-refractivity contribution in [3.63, 3.8) is 0 Å². The number of benzene rings is 3. The van der Waals surface area contributed by atoms with Crippen LogP contribution in [0.2, 0.25) is 0 Å². The van der Waals surface area contributed by atoms with Crippen LogP contribution in [-0.2, 0) is 9.59 Å². The van der Waals surface area contributed by atoms with Gasteiger partial charge in [-0.15, -0.1) is 0 Å². The Hall–Kier alpha value is -4.54. The zero-order valence-corrected chi connectivity index (χ0v) is 21.8. The van der Waals surface area contributed by atoms with E-state index < -0.39 is 24.3 Å². The molecule has 224 valence electrons. The maximum atomic E-state index is 10.5. The molecule has 3 N–H and O–H groups in total. The lowest BCUT2D eigenvalue weighted by Crippen LogP contribution is -3.26. The van der Waals surface area contributed by atoms with Gasteiger partial charge in [-0.2, -0.15) is 26.3 Å². The lowest BCUT2D eigenvalue weighted by atomic mass is 10.0. The third-order valence-corrected chi connectivity index (χ3v) is 5.89. The normalized spacial score (nSPS) is 17.1. The number of piperazine rings is 1. The lowest BCUT2D eigenvalue weighted by molar-refractivity contribution is -1.000. The first kappa shape index (κ1) is 33.7. The Morgan fingerprint density at radius 3 is 1.67 bits per heavy atom. The Morgan fingerprint density at radius 1 is 0.738 bits per heavy atom. The molecule has 1 fully saturated rings. The van der Waals surface area contributed by atoms with E-state index in [9.17, 15) is 31.4 Å². The molecule has 1 saturated heterocycles. The van der Waals surface area contributed by atoms with Crippen molar-refractivity contribution >= 4 is 17.6 Å². The Balaban J connectivity index is 0.000000367. The SMILES string of the molecule is O=C([O-])C(F)(F)F.O=C([O-])C(F)(F)F.Oc1cccc(C(C#Cc2ccccc2)[NH+]2CC[NH+](c3ccccc3)CC2)c1. The Bertz CT molecular complexity index is 1320. The average Bonchev–Trinajstić information content (AvgIpc) is 2.94. The highest BCUT2D eigenvalue weighted by molar-refractivity contribution is 5.71. The van der Waals surface area contributed by atoms with E-state index in [1.807, 2.05) is 42.5 Å². The summed E-state index contributed by atoms with van der Waals surface area (Å²) in [5.41, 5.74) is 3.48. The van der Waals surface area contributed by atoms with Crippen molar-refractivity contribution in [2.24, 2.45) is 0 Å². The second-order valence-electron chi connectivity index (χ2n) is 8.86. The second kappa shape index (κ2) is 15.5. The highest BCUT2D eigenvalue weighted by atomic mass is 19.4. The number of aromatic hydroxyl groups is 1. The smallest absolute Gasteiger partial charge is 0.430 e. The fraction of sp³-hybridized carbons (Fsp3) is 0.241. The highest BCUT2D eigenvalue weighted by Gasteiger charge is 2.31. The molecule has 13 heteroatoms. The van der Waals surface area contributed by atoms with Crippen LogP contribution in [0.4, 0.5) is 32.0 Å². The van der Waals surface area contributed by atoms with Crippen LogP contribution in [0.3, 0.4) is 0 Å². The number of rotatable bonds is 3. The molecule has 1 aliphatic rings. The lowest BCUT2D eigenvalue weighted by Gasteiger charge is -2.32. The summed E-state index contributed by atoms with van der Waals surface area (Å²) >= 11 is 0. The van der Waals surface area contributed by atoms with Gasteiger partial charge in [-0.25, -0.2) is 0 Å². The first-order valence-corrected chi connectivity index (χ1v) is 12.3. The molecular weight excluding hydrogens is 570 g/mol. The second-order valence-corrected chi connectivity index (χ2v) is 8.86. The van der Waals surface area contributed by atoms with Gasteiger partial charge in [-0.05, 0) is 42.3 Å². The predicted molar refractivity (Wildman–Crippen MR) is 134 cm³/mol. The molecule has 0 amide bonds. The van der Waals surface area contributed by atoms with E-state index in [-0.39, 0.29) is 6.04 Å². The fourth-order valence-corrected chi connectivity index (χ4v) is 3.93. The Morgan fingerprint density at radius 2 is 1.21 bits per heavy atom. The van der Waals surface area contributed by atoms with Gasteiger partial charge in [0.2, 0.25) is 0 Å². The summed E-state index contributed by atoms with van der Waals surface area (Å²) in [4.78, 5) is 20.6. The van der Waals surface area contributed by atoms with Crippen molar-refractivity contribution in [1.29, 1.82) is 0 Å². The molecule has 0 radical (unpaired) electrons. The summed E-state index contributed by atoms with van der Waals surface area (Å²) in [6.07, 6.45) is -10.4. The van der Waals surface area contributed by atoms with Crippen LogP contribution in [0.1, 0.15) is 17.2 Å². The number of carboxylic acids is 2. The number of halogens is 6. The number of nitrogens with one attached hydrogen (secondary N) is 2. The van der Waals surface area contributed by atoms with Gasteiger partial charge in [-0.1, -0.05) is 54.5 Å². The quantitative estimate of drug-likeness (QED) is 0.296. The van der Waals surface area contributed by atoms with Gasteiger partial charge in [-0.3, -0.25) is 4.90 Å². The number of aliphatic carboxylic acids is 2. The third-order valence-electron chi connectivity index (χ3n) is 5.89. The van der Waals surface area contributed by atoms with Crippen molar-refractivity contribution in [2.75, 3.05) is 26.2 Å². The predicted octanol–water partition coefficient (Wildman–Crippen LogP) is 0.197. The number of phenols is 1. The number of phenolic OH excluding ortho intramolecular Hbond substituents is 1. The molecule has 0 bridgehead atoms. The number of carbonyl (C=O) groups is 2. The van der Waals surface area contributed by atoms with E-state index in [1.54, 1.807) is 6.07 Å². The van der Waals surface area contributed by atoms with Gasteiger partial charge >= 0.3 is 12.4 Å². The summed E-state index contributed by atoms with van der Waals surface area (Å²) in [5, 5.41) is 27.5. The molecule has 3 aromatic rings. The number of quaternary nitrogens is 2. The minimum Gasteiger partial charge on any atom is -0.542 e. The maximum Gasteiger partial charge on any atom is 0.430 e. The van der Waals surface area contributed by atoms with Gasteiger partial charge in [0, 0.05) is 11.1 Å². The summed E-state index contributed by atoms with van der Waals surface area (Å²) in [5.74, 6) is 1.13. The molecule has 1 aliphatic heterocycles. The van der Waals surface area contributed by atoms with Crippen molar-refractivity contribution in [1.82, 2.24) is 0 Å². The van der Waals surface area contributed by atoms with Gasteiger partial charge in [0.1, 0.15) is 49.6 Å². The van der Waals surface area contributed by atoms with Crippen molar-refractivity contribution in [2.45, 2.75) is 18.4 Å². The minimum atomic E-state index is -5.19. The van der Waals surface area contributed by atoms with E-state index >= 15 is 0 Å². The average molecular weight is 597 g/mol. The van der Waals surface area contributed by atoms with Gasteiger partial charge < -0.3 is 29.8 Å². The standard InChI is InChI=1S/C25H24N2O.2C2HF3O2/c28-24-13-7-10-22(20-24)25(15-14-21-8-3-1-4-9-21)27-18-16-26(17-19-27)23-11-5-2-6-12-23;2*3-2(4,5)1(6)7/h1-13,20,25,28H,16-19H2;2*(H,6,7). The number of para-hydroxylation sites is 1. The summed E-state index contributed by atoms with van der Waals surface area (Å²) in [7, 11) is 0. The minimum absolute atomic E-state index is 0.0598. The van der Waals surface area contributed by atoms with Crippen LogP contribution in [0, 0.1) is 11.8 Å². The molecule has 4 rings (SSSR count). The fourth-order valence-electron chi connectivity index (χ4n) is 3.93. The molecule has 0 saturated carbocycles. The van der Waals surface area contributed by atoms with Crippen LogP contribution >= 0.6 is 0 Å². The Labute approximate surface area is 237 Å². The molecule has 42 heavy (non-hydrogen) atoms. The van der Waals surface area contributed by atoms with Gasteiger partial charge in [0.25, 0.3) is 0 Å². The summed E-state index contributed by atoms with van der Waals surface area (Å²) in [6, 6.07) is 28.5. The molecular formula is C29H26F6N2O5. The van der Waals surface area contributed by atoms with E-state index in [0.717, 1.165) is 37.3 Å². The Kier molecular flexibility index (Phi) is 12.4. The van der Waals surface area contributed by atoms with Gasteiger partial charge in [0.05, 0.1) is 0 Å². The molecule has 0 aliphatic carbocycles. The molecule has 3 aromatic carbocycles. The maximum absolute atomic E-state index is 10.5. The van der Waals surface area contributed by atoms with Crippen LogP contribution in [0.25, 0.3) is 0 Å².